The topological polar surface area (TPSA) is 57.6 Å². The quantitative estimate of drug-likeness (QED) is 0.927. The molecule has 0 aromatic heterocycles. The van der Waals surface area contributed by atoms with Crippen molar-refractivity contribution in [2.75, 3.05) is 13.1 Å². The summed E-state index contributed by atoms with van der Waals surface area (Å²) in [6.07, 6.45) is 2.33. The number of hydrogen-bond donors (Lipinski definition) is 1. The molecule has 1 aromatic rings. The van der Waals surface area contributed by atoms with Crippen molar-refractivity contribution in [2.45, 2.75) is 38.5 Å². The van der Waals surface area contributed by atoms with E-state index in [0.717, 1.165) is 18.4 Å². The summed E-state index contributed by atoms with van der Waals surface area (Å²) >= 11 is 0. The summed E-state index contributed by atoms with van der Waals surface area (Å²) in [6.45, 7) is 5.03. The minimum Gasteiger partial charge on any atom is -0.481 e. The summed E-state index contributed by atoms with van der Waals surface area (Å²) in [5.74, 6) is -1.07. The summed E-state index contributed by atoms with van der Waals surface area (Å²) in [5.41, 5.74) is 3.07. The van der Waals surface area contributed by atoms with Crippen molar-refractivity contribution < 1.29 is 14.7 Å². The number of aryl methyl sites for hydroxylation is 2. The molecule has 1 N–H and O–H groups in total. The molecule has 4 heteroatoms. The summed E-state index contributed by atoms with van der Waals surface area (Å²) in [4.78, 5) is 25.7. The molecule has 1 saturated carbocycles. The normalized spacial score (nSPS) is 23.1. The molecule has 1 amide bonds. The molecule has 0 radical (unpaired) electrons. The van der Waals surface area contributed by atoms with Gasteiger partial charge < -0.3 is 10.0 Å². The number of hydrogen-bond acceptors (Lipinski definition) is 2. The van der Waals surface area contributed by atoms with Crippen molar-refractivity contribution in [3.8, 4) is 0 Å². The number of likely N-dealkylation sites (tertiary alicyclic amines) is 1. The standard InChI is InChI=1S/C17H21NO3/c1-11-7-12(2)9-14(8-11)17(4-5-17)16(21)18-6-3-13(10-18)15(19)20/h7-9,13H,3-6,10H2,1-2H3,(H,19,20). The second-order valence-corrected chi connectivity index (χ2v) is 6.53. The molecule has 4 nitrogen and oxygen atoms in total. The summed E-state index contributed by atoms with van der Waals surface area (Å²) in [5, 5.41) is 9.08. The molecule has 2 fully saturated rings. The first-order valence-electron chi connectivity index (χ1n) is 7.53. The highest BCUT2D eigenvalue weighted by Crippen LogP contribution is 2.50. The third kappa shape index (κ3) is 2.43. The van der Waals surface area contributed by atoms with Crippen LogP contribution >= 0.6 is 0 Å². The van der Waals surface area contributed by atoms with Gasteiger partial charge in [0.25, 0.3) is 0 Å². The fourth-order valence-electron chi connectivity index (χ4n) is 3.45. The number of carboxylic acids is 1. The number of nitrogens with zero attached hydrogens (tertiary/aromatic N) is 1. The Morgan fingerprint density at radius 2 is 1.81 bits per heavy atom. The van der Waals surface area contributed by atoms with Crippen LogP contribution in [0.2, 0.25) is 0 Å². The molecule has 1 saturated heterocycles. The lowest BCUT2D eigenvalue weighted by atomic mass is 9.91. The highest BCUT2D eigenvalue weighted by molar-refractivity contribution is 5.92. The molecule has 1 atom stereocenters. The zero-order valence-electron chi connectivity index (χ0n) is 12.6. The minimum atomic E-state index is -0.790. The SMILES string of the molecule is Cc1cc(C)cc(C2(C(=O)N3CCC(C(=O)O)C3)CC2)c1. The number of aliphatic carboxylic acids is 1. The third-order valence-corrected chi connectivity index (χ3v) is 4.76. The van der Waals surface area contributed by atoms with Crippen molar-refractivity contribution in [2.24, 2.45) is 5.92 Å². The van der Waals surface area contributed by atoms with Crippen LogP contribution in [0, 0.1) is 19.8 Å². The van der Waals surface area contributed by atoms with E-state index in [1.54, 1.807) is 4.90 Å². The molecule has 112 valence electrons. The summed E-state index contributed by atoms with van der Waals surface area (Å²) < 4.78 is 0. The Labute approximate surface area is 124 Å². The predicted octanol–water partition coefficient (Wildman–Crippen LogP) is 2.27. The van der Waals surface area contributed by atoms with E-state index in [9.17, 15) is 9.59 Å². The van der Waals surface area contributed by atoms with Gasteiger partial charge in [0.15, 0.2) is 0 Å². The van der Waals surface area contributed by atoms with Crippen LogP contribution in [0.4, 0.5) is 0 Å². The zero-order chi connectivity index (χ0) is 15.2. The lowest BCUT2D eigenvalue weighted by molar-refractivity contribution is -0.141. The lowest BCUT2D eigenvalue weighted by Crippen LogP contribution is -2.38. The molecule has 2 aliphatic rings. The molecular weight excluding hydrogens is 266 g/mol. The average molecular weight is 287 g/mol. The van der Waals surface area contributed by atoms with Gasteiger partial charge in [-0.1, -0.05) is 29.3 Å². The van der Waals surface area contributed by atoms with Crippen molar-refractivity contribution in [1.29, 1.82) is 0 Å². The number of carbonyl (C=O) groups excluding carboxylic acids is 1. The van der Waals surface area contributed by atoms with Gasteiger partial charge >= 0.3 is 5.97 Å². The number of benzene rings is 1. The van der Waals surface area contributed by atoms with Crippen molar-refractivity contribution in [1.82, 2.24) is 4.90 Å². The fourth-order valence-corrected chi connectivity index (χ4v) is 3.45. The van der Waals surface area contributed by atoms with Crippen LogP contribution in [-0.2, 0) is 15.0 Å². The van der Waals surface area contributed by atoms with Crippen LogP contribution in [0.1, 0.15) is 36.0 Å². The Bertz CT molecular complexity index is 584. The Morgan fingerprint density at radius 3 is 2.29 bits per heavy atom. The van der Waals surface area contributed by atoms with Crippen molar-refractivity contribution in [3.05, 3.63) is 34.9 Å². The molecular formula is C17H21NO3. The van der Waals surface area contributed by atoms with E-state index >= 15 is 0 Å². The largest absolute Gasteiger partial charge is 0.481 e. The van der Waals surface area contributed by atoms with Crippen LogP contribution in [0.15, 0.2) is 18.2 Å². The fraction of sp³-hybridized carbons (Fsp3) is 0.529. The van der Waals surface area contributed by atoms with E-state index in [-0.39, 0.29) is 11.3 Å². The molecule has 3 rings (SSSR count). The Balaban J connectivity index is 1.83. The predicted molar refractivity (Wildman–Crippen MR) is 79.2 cm³/mol. The van der Waals surface area contributed by atoms with Crippen molar-refractivity contribution in [3.63, 3.8) is 0 Å². The number of amides is 1. The highest BCUT2D eigenvalue weighted by Gasteiger charge is 2.54. The second kappa shape index (κ2) is 4.86. The van der Waals surface area contributed by atoms with Crippen LogP contribution in [0.3, 0.4) is 0 Å². The number of carbonyl (C=O) groups is 2. The molecule has 1 aromatic carbocycles. The first-order chi connectivity index (χ1) is 9.92. The smallest absolute Gasteiger partial charge is 0.308 e. The molecule has 1 unspecified atom stereocenters. The van der Waals surface area contributed by atoms with Crippen LogP contribution in [0.5, 0.6) is 0 Å². The molecule has 21 heavy (non-hydrogen) atoms. The molecule has 1 aliphatic carbocycles. The molecule has 0 spiro atoms. The molecule has 1 aliphatic heterocycles. The third-order valence-electron chi connectivity index (χ3n) is 4.76. The van der Waals surface area contributed by atoms with Gasteiger partial charge in [0.2, 0.25) is 5.91 Å². The van der Waals surface area contributed by atoms with Gasteiger partial charge in [-0.3, -0.25) is 9.59 Å². The number of rotatable bonds is 3. The van der Waals surface area contributed by atoms with Gasteiger partial charge in [0.05, 0.1) is 11.3 Å². The Hall–Kier alpha value is -1.84. The van der Waals surface area contributed by atoms with E-state index in [1.165, 1.54) is 11.1 Å². The summed E-state index contributed by atoms with van der Waals surface area (Å²) in [7, 11) is 0. The molecule has 0 bridgehead atoms. The van der Waals surface area contributed by atoms with E-state index in [1.807, 2.05) is 13.8 Å². The monoisotopic (exact) mass is 287 g/mol. The van der Waals surface area contributed by atoms with Crippen LogP contribution < -0.4 is 0 Å². The maximum absolute atomic E-state index is 12.9. The summed E-state index contributed by atoms with van der Waals surface area (Å²) in [6, 6.07) is 6.31. The van der Waals surface area contributed by atoms with Gasteiger partial charge in [0, 0.05) is 13.1 Å². The minimum absolute atomic E-state index is 0.122. The maximum Gasteiger partial charge on any atom is 0.308 e. The first-order valence-corrected chi connectivity index (χ1v) is 7.53. The highest BCUT2D eigenvalue weighted by atomic mass is 16.4. The van der Waals surface area contributed by atoms with Crippen LogP contribution in [-0.4, -0.2) is 35.0 Å². The zero-order valence-corrected chi connectivity index (χ0v) is 12.6. The van der Waals surface area contributed by atoms with Gasteiger partial charge in [0.1, 0.15) is 0 Å². The van der Waals surface area contributed by atoms with Gasteiger partial charge in [-0.15, -0.1) is 0 Å². The average Bonchev–Trinajstić information content (AvgIpc) is 3.07. The Kier molecular flexibility index (Phi) is 3.27. The lowest BCUT2D eigenvalue weighted by Gasteiger charge is -2.24. The number of carboxylic acid groups (broad SMARTS) is 1. The van der Waals surface area contributed by atoms with Crippen LogP contribution in [0.25, 0.3) is 0 Å². The maximum atomic E-state index is 12.9. The van der Waals surface area contributed by atoms with Gasteiger partial charge in [-0.2, -0.15) is 0 Å². The molecule has 1 heterocycles. The second-order valence-electron chi connectivity index (χ2n) is 6.53. The van der Waals surface area contributed by atoms with E-state index in [0.29, 0.717) is 19.5 Å². The van der Waals surface area contributed by atoms with Gasteiger partial charge in [-0.05, 0) is 38.7 Å². The van der Waals surface area contributed by atoms with E-state index < -0.39 is 11.9 Å². The van der Waals surface area contributed by atoms with Crippen molar-refractivity contribution >= 4 is 11.9 Å². The van der Waals surface area contributed by atoms with Gasteiger partial charge in [-0.25, -0.2) is 0 Å². The van der Waals surface area contributed by atoms with E-state index in [4.69, 9.17) is 5.11 Å². The van der Waals surface area contributed by atoms with E-state index in [2.05, 4.69) is 18.2 Å². The first kappa shape index (κ1) is 14.1. The Morgan fingerprint density at radius 1 is 1.19 bits per heavy atom.